The van der Waals surface area contributed by atoms with Crippen LogP contribution in [0.1, 0.15) is 51.0 Å². The van der Waals surface area contributed by atoms with E-state index in [1.807, 2.05) is 13.0 Å². The average Bonchev–Trinajstić information content (AvgIpc) is 2.61. The lowest BCUT2D eigenvalue weighted by atomic mass is 9.98. The Labute approximate surface area is 124 Å². The van der Waals surface area contributed by atoms with Crippen LogP contribution in [0, 0.1) is 18.7 Å². The molecule has 0 radical (unpaired) electrons. The second kappa shape index (κ2) is 6.74. The fourth-order valence-electron chi connectivity index (χ4n) is 2.95. The van der Waals surface area contributed by atoms with Gasteiger partial charge in [0.25, 0.3) is 0 Å². The van der Waals surface area contributed by atoms with Gasteiger partial charge in [0.15, 0.2) is 0 Å². The van der Waals surface area contributed by atoms with E-state index in [0.29, 0.717) is 10.5 Å². The van der Waals surface area contributed by atoms with E-state index in [4.69, 9.17) is 0 Å². The first kappa shape index (κ1) is 14.8. The zero-order valence-electron chi connectivity index (χ0n) is 11.8. The molecule has 0 spiro atoms. The monoisotopic (exact) mass is 327 g/mol. The van der Waals surface area contributed by atoms with Crippen molar-refractivity contribution in [3.05, 3.63) is 28.0 Å². The lowest BCUT2D eigenvalue weighted by molar-refractivity contribution is 0.444. The molecule has 3 heteroatoms. The Kier molecular flexibility index (Phi) is 5.26. The lowest BCUT2D eigenvalue weighted by Crippen LogP contribution is -2.19. The summed E-state index contributed by atoms with van der Waals surface area (Å²) in [6.45, 7) is 4.25. The van der Waals surface area contributed by atoms with Crippen LogP contribution in [0.25, 0.3) is 0 Å². The van der Waals surface area contributed by atoms with Gasteiger partial charge in [0.2, 0.25) is 0 Å². The molecule has 1 aliphatic rings. The number of aryl methyl sites for hydroxylation is 1. The first-order valence-corrected chi connectivity index (χ1v) is 8.11. The fraction of sp³-hybridized carbons (Fsp3) is 0.625. The van der Waals surface area contributed by atoms with Crippen LogP contribution in [0.5, 0.6) is 0 Å². The Balaban J connectivity index is 2.03. The van der Waals surface area contributed by atoms with Gasteiger partial charge in [-0.3, -0.25) is 0 Å². The minimum Gasteiger partial charge on any atom is -0.382 e. The lowest BCUT2D eigenvalue weighted by Gasteiger charge is -2.20. The van der Waals surface area contributed by atoms with Crippen molar-refractivity contribution < 1.29 is 4.39 Å². The van der Waals surface area contributed by atoms with Gasteiger partial charge >= 0.3 is 0 Å². The van der Waals surface area contributed by atoms with Crippen molar-refractivity contribution >= 4 is 21.6 Å². The van der Waals surface area contributed by atoms with Crippen molar-refractivity contribution in [2.24, 2.45) is 5.92 Å². The van der Waals surface area contributed by atoms with E-state index >= 15 is 0 Å². The van der Waals surface area contributed by atoms with Crippen LogP contribution in [-0.4, -0.2) is 6.04 Å². The molecule has 1 N–H and O–H groups in total. The van der Waals surface area contributed by atoms with Gasteiger partial charge in [-0.25, -0.2) is 4.39 Å². The Morgan fingerprint density at radius 2 is 2.05 bits per heavy atom. The molecule has 2 rings (SSSR count). The fourth-order valence-corrected chi connectivity index (χ4v) is 3.30. The molecular formula is C16H23BrFN. The quantitative estimate of drug-likeness (QED) is 0.705. The summed E-state index contributed by atoms with van der Waals surface area (Å²) in [5.41, 5.74) is 2.05. The summed E-state index contributed by atoms with van der Waals surface area (Å²) in [6, 6.07) is 4.00. The van der Waals surface area contributed by atoms with E-state index in [9.17, 15) is 4.39 Å². The largest absolute Gasteiger partial charge is 0.382 e. The van der Waals surface area contributed by atoms with Crippen molar-refractivity contribution in [3.63, 3.8) is 0 Å². The van der Waals surface area contributed by atoms with Gasteiger partial charge in [-0.15, -0.1) is 0 Å². The minimum atomic E-state index is -0.185. The molecule has 1 nitrogen and oxygen atoms in total. The first-order chi connectivity index (χ1) is 9.10. The van der Waals surface area contributed by atoms with Gasteiger partial charge in [-0.1, -0.05) is 26.2 Å². The van der Waals surface area contributed by atoms with E-state index in [1.54, 1.807) is 6.07 Å². The number of nitrogens with one attached hydrogen (secondary N) is 1. The van der Waals surface area contributed by atoms with E-state index in [1.165, 1.54) is 38.5 Å². The predicted octanol–water partition coefficient (Wildman–Crippen LogP) is 5.67. The standard InChI is InChI=1S/C16H23BrFN/c1-3-12-5-4-6-13(8-7-12)19-16-10-14(17)15(18)9-11(16)2/h9-10,12-13,19H,3-8H2,1-2H3. The van der Waals surface area contributed by atoms with E-state index < -0.39 is 0 Å². The highest BCUT2D eigenvalue weighted by atomic mass is 79.9. The van der Waals surface area contributed by atoms with Crippen molar-refractivity contribution in [1.82, 2.24) is 0 Å². The zero-order valence-corrected chi connectivity index (χ0v) is 13.4. The van der Waals surface area contributed by atoms with Crippen molar-refractivity contribution in [2.45, 2.75) is 58.4 Å². The molecular weight excluding hydrogens is 305 g/mol. The van der Waals surface area contributed by atoms with E-state index in [2.05, 4.69) is 28.2 Å². The van der Waals surface area contributed by atoms with E-state index in [-0.39, 0.29) is 5.82 Å². The molecule has 0 heterocycles. The van der Waals surface area contributed by atoms with Crippen molar-refractivity contribution in [1.29, 1.82) is 0 Å². The molecule has 1 saturated carbocycles. The Bertz CT molecular complexity index is 433. The first-order valence-electron chi connectivity index (χ1n) is 7.32. The summed E-state index contributed by atoms with van der Waals surface area (Å²) in [5.74, 6) is 0.711. The summed E-state index contributed by atoms with van der Waals surface area (Å²) in [4.78, 5) is 0. The van der Waals surface area contributed by atoms with Crippen molar-refractivity contribution in [2.75, 3.05) is 5.32 Å². The number of benzene rings is 1. The molecule has 1 aliphatic carbocycles. The second-order valence-corrected chi connectivity index (χ2v) is 6.56. The van der Waals surface area contributed by atoms with E-state index in [0.717, 1.165) is 17.2 Å². The highest BCUT2D eigenvalue weighted by molar-refractivity contribution is 9.10. The molecule has 0 aromatic heterocycles. The molecule has 1 fully saturated rings. The minimum absolute atomic E-state index is 0.185. The molecule has 0 amide bonds. The van der Waals surface area contributed by atoms with Gasteiger partial charge < -0.3 is 5.32 Å². The van der Waals surface area contributed by atoms with Crippen LogP contribution >= 0.6 is 15.9 Å². The molecule has 2 unspecified atom stereocenters. The van der Waals surface area contributed by atoms with Crippen LogP contribution in [0.3, 0.4) is 0 Å². The molecule has 1 aromatic rings. The molecule has 1 aromatic carbocycles. The number of halogens is 2. The molecule has 0 saturated heterocycles. The summed E-state index contributed by atoms with van der Waals surface area (Å²) in [6.07, 6.45) is 7.74. The number of hydrogen-bond acceptors (Lipinski definition) is 1. The third kappa shape index (κ3) is 3.95. The third-order valence-electron chi connectivity index (χ3n) is 4.29. The maximum Gasteiger partial charge on any atom is 0.137 e. The predicted molar refractivity (Wildman–Crippen MR) is 83.1 cm³/mol. The van der Waals surface area contributed by atoms with Crippen LogP contribution in [0.4, 0.5) is 10.1 Å². The zero-order chi connectivity index (χ0) is 13.8. The maximum atomic E-state index is 13.4. The van der Waals surface area contributed by atoms with Crippen LogP contribution in [-0.2, 0) is 0 Å². The Morgan fingerprint density at radius 3 is 2.79 bits per heavy atom. The Hall–Kier alpha value is -0.570. The second-order valence-electron chi connectivity index (χ2n) is 5.71. The molecule has 2 atom stereocenters. The molecule has 19 heavy (non-hydrogen) atoms. The third-order valence-corrected chi connectivity index (χ3v) is 4.90. The average molecular weight is 328 g/mol. The normalized spacial score (nSPS) is 24.0. The maximum absolute atomic E-state index is 13.4. The van der Waals surface area contributed by atoms with Gasteiger partial charge in [0, 0.05) is 11.7 Å². The molecule has 106 valence electrons. The summed E-state index contributed by atoms with van der Waals surface area (Å²) >= 11 is 3.27. The van der Waals surface area contributed by atoms with Gasteiger partial charge in [0.05, 0.1) is 4.47 Å². The topological polar surface area (TPSA) is 12.0 Å². The number of anilines is 1. The highest BCUT2D eigenvalue weighted by Crippen LogP contribution is 2.30. The van der Waals surface area contributed by atoms with Crippen LogP contribution in [0.2, 0.25) is 0 Å². The van der Waals surface area contributed by atoms with Gasteiger partial charge in [0.1, 0.15) is 5.82 Å². The Morgan fingerprint density at radius 1 is 1.26 bits per heavy atom. The van der Waals surface area contributed by atoms with Crippen LogP contribution < -0.4 is 5.32 Å². The van der Waals surface area contributed by atoms with Crippen molar-refractivity contribution in [3.8, 4) is 0 Å². The van der Waals surface area contributed by atoms with Gasteiger partial charge in [-0.05, 0) is 65.7 Å². The van der Waals surface area contributed by atoms with Gasteiger partial charge in [-0.2, -0.15) is 0 Å². The smallest absolute Gasteiger partial charge is 0.137 e. The number of rotatable bonds is 3. The molecule has 0 bridgehead atoms. The summed E-state index contributed by atoms with van der Waals surface area (Å²) < 4.78 is 14.0. The summed E-state index contributed by atoms with van der Waals surface area (Å²) in [5, 5.41) is 3.61. The molecule has 0 aliphatic heterocycles. The van der Waals surface area contributed by atoms with Crippen LogP contribution in [0.15, 0.2) is 16.6 Å². The SMILES string of the molecule is CCC1CCCC(Nc2cc(Br)c(F)cc2C)CC1. The highest BCUT2D eigenvalue weighted by Gasteiger charge is 2.18. The number of hydrogen-bond donors (Lipinski definition) is 1. The summed E-state index contributed by atoms with van der Waals surface area (Å²) in [7, 11) is 0.